The van der Waals surface area contributed by atoms with E-state index in [2.05, 4.69) is 25.5 Å². The number of H-pyrrole nitrogens is 1. The molecule has 0 unspecified atom stereocenters. The molecule has 0 saturated carbocycles. The van der Waals surface area contributed by atoms with Crippen molar-refractivity contribution in [3.8, 4) is 5.75 Å². The molecular weight excluding hydrogens is 427 g/mol. The van der Waals surface area contributed by atoms with Crippen LogP contribution < -0.4 is 15.0 Å². The third kappa shape index (κ3) is 3.98. The molecule has 9 nitrogen and oxygen atoms in total. The standard InChI is InChI=1S/C23H19FN6O3/c1-30-20-15-3-2-10-25-16(15)8-9-18(20)33-12-17(23(30)32)26-22(31)21-27-19(28-29-21)11-13-4-6-14(24)7-5-13/h2-10,17H,11-12H2,1H3,(H,26,31)(H,27,28,29)/t17-/m0/s1. The van der Waals surface area contributed by atoms with Crippen LogP contribution in [-0.4, -0.2) is 51.7 Å². The number of carbonyl (C=O) groups excluding carboxylic acids is 2. The van der Waals surface area contributed by atoms with Crippen molar-refractivity contribution in [2.24, 2.45) is 0 Å². The van der Waals surface area contributed by atoms with Gasteiger partial charge in [-0.15, -0.1) is 5.10 Å². The smallest absolute Gasteiger partial charge is 0.291 e. The molecule has 0 saturated heterocycles. The molecule has 0 aliphatic carbocycles. The van der Waals surface area contributed by atoms with Crippen LogP contribution in [0.2, 0.25) is 0 Å². The Hall–Kier alpha value is -4.34. The number of halogens is 1. The molecule has 2 amide bonds. The maximum Gasteiger partial charge on any atom is 0.291 e. The van der Waals surface area contributed by atoms with Gasteiger partial charge < -0.3 is 15.0 Å². The number of rotatable bonds is 4. The zero-order chi connectivity index (χ0) is 22.9. The lowest BCUT2D eigenvalue weighted by Gasteiger charge is -2.21. The van der Waals surface area contributed by atoms with E-state index in [0.717, 1.165) is 16.5 Å². The predicted molar refractivity (Wildman–Crippen MR) is 117 cm³/mol. The number of anilines is 1. The number of likely N-dealkylation sites (N-methyl/N-ethyl adjacent to an activating group) is 1. The number of aromatic amines is 1. The van der Waals surface area contributed by atoms with Crippen molar-refractivity contribution in [1.82, 2.24) is 25.5 Å². The number of carbonyl (C=O) groups is 2. The fraction of sp³-hybridized carbons (Fsp3) is 0.174. The number of nitrogens with one attached hydrogen (secondary N) is 2. The first-order valence-corrected chi connectivity index (χ1v) is 10.2. The topological polar surface area (TPSA) is 113 Å². The molecule has 5 rings (SSSR count). The van der Waals surface area contributed by atoms with Crippen LogP contribution in [0.3, 0.4) is 0 Å². The highest BCUT2D eigenvalue weighted by Crippen LogP contribution is 2.37. The Kier molecular flexibility index (Phi) is 5.17. The number of amides is 2. The number of hydrogen-bond acceptors (Lipinski definition) is 6. The molecule has 0 radical (unpaired) electrons. The summed E-state index contributed by atoms with van der Waals surface area (Å²) >= 11 is 0. The first-order chi connectivity index (χ1) is 16.0. The van der Waals surface area contributed by atoms with Gasteiger partial charge in [-0.1, -0.05) is 12.1 Å². The van der Waals surface area contributed by atoms with E-state index in [4.69, 9.17) is 4.74 Å². The maximum absolute atomic E-state index is 13.1. The average Bonchev–Trinajstić information content (AvgIpc) is 3.26. The minimum atomic E-state index is -0.930. The second kappa shape index (κ2) is 8.30. The van der Waals surface area contributed by atoms with Crippen molar-refractivity contribution in [2.75, 3.05) is 18.6 Å². The first kappa shape index (κ1) is 20.6. The van der Waals surface area contributed by atoms with Gasteiger partial charge in [0.2, 0.25) is 5.82 Å². The summed E-state index contributed by atoms with van der Waals surface area (Å²) in [6, 6.07) is 12.3. The van der Waals surface area contributed by atoms with Gasteiger partial charge in [-0.2, -0.15) is 0 Å². The van der Waals surface area contributed by atoms with Crippen LogP contribution in [-0.2, 0) is 11.2 Å². The zero-order valence-corrected chi connectivity index (χ0v) is 17.6. The highest BCUT2D eigenvalue weighted by molar-refractivity contribution is 6.08. The van der Waals surface area contributed by atoms with Crippen LogP contribution in [0, 0.1) is 5.82 Å². The number of hydrogen-bond donors (Lipinski definition) is 2. The molecule has 1 aliphatic rings. The molecule has 1 aliphatic heterocycles. The van der Waals surface area contributed by atoms with Crippen LogP contribution >= 0.6 is 0 Å². The van der Waals surface area contributed by atoms with E-state index in [1.165, 1.54) is 17.0 Å². The molecule has 2 aromatic heterocycles. The third-order valence-corrected chi connectivity index (χ3v) is 5.41. The van der Waals surface area contributed by atoms with Crippen LogP contribution in [0.1, 0.15) is 22.0 Å². The molecule has 0 fully saturated rings. The number of aromatic nitrogens is 4. The Morgan fingerprint density at radius 3 is 2.88 bits per heavy atom. The van der Waals surface area contributed by atoms with Crippen molar-refractivity contribution in [3.05, 3.63) is 77.8 Å². The van der Waals surface area contributed by atoms with Crippen LogP contribution in [0.15, 0.2) is 54.7 Å². The van der Waals surface area contributed by atoms with E-state index in [-0.39, 0.29) is 24.2 Å². The Bertz CT molecular complexity index is 1350. The van der Waals surface area contributed by atoms with Gasteiger partial charge >= 0.3 is 0 Å². The molecule has 1 atom stereocenters. The summed E-state index contributed by atoms with van der Waals surface area (Å²) in [5.41, 5.74) is 2.14. The molecule has 3 heterocycles. The van der Waals surface area contributed by atoms with Gasteiger partial charge in [-0.3, -0.25) is 19.7 Å². The Labute approximate surface area is 187 Å². The molecule has 10 heteroatoms. The normalized spacial score (nSPS) is 15.6. The van der Waals surface area contributed by atoms with Crippen molar-refractivity contribution >= 4 is 28.4 Å². The molecule has 166 valence electrons. The van der Waals surface area contributed by atoms with Gasteiger partial charge in [0.05, 0.1) is 11.2 Å². The average molecular weight is 446 g/mol. The minimum Gasteiger partial charge on any atom is -0.489 e. The maximum atomic E-state index is 13.1. The van der Waals surface area contributed by atoms with Crippen molar-refractivity contribution in [3.63, 3.8) is 0 Å². The van der Waals surface area contributed by atoms with Crippen LogP contribution in [0.25, 0.3) is 10.9 Å². The van der Waals surface area contributed by atoms with Crippen LogP contribution in [0.4, 0.5) is 10.1 Å². The number of fused-ring (bicyclic) bond motifs is 3. The van der Waals surface area contributed by atoms with Gasteiger partial charge in [0.25, 0.3) is 11.8 Å². The van der Waals surface area contributed by atoms with E-state index >= 15 is 0 Å². The fourth-order valence-corrected chi connectivity index (χ4v) is 3.77. The highest BCUT2D eigenvalue weighted by Gasteiger charge is 2.32. The monoisotopic (exact) mass is 446 g/mol. The third-order valence-electron chi connectivity index (χ3n) is 5.41. The molecule has 33 heavy (non-hydrogen) atoms. The lowest BCUT2D eigenvalue weighted by atomic mass is 10.1. The van der Waals surface area contributed by atoms with Gasteiger partial charge in [0, 0.05) is 25.1 Å². The van der Waals surface area contributed by atoms with E-state index in [9.17, 15) is 14.0 Å². The summed E-state index contributed by atoms with van der Waals surface area (Å²) in [5.74, 6) is -0.395. The van der Waals surface area contributed by atoms with Gasteiger partial charge in [-0.05, 0) is 42.0 Å². The van der Waals surface area contributed by atoms with Crippen LogP contribution in [0.5, 0.6) is 5.75 Å². The summed E-state index contributed by atoms with van der Waals surface area (Å²) < 4.78 is 18.9. The number of pyridine rings is 1. The lowest BCUT2D eigenvalue weighted by Crippen LogP contribution is -2.49. The predicted octanol–water partition coefficient (Wildman–Crippen LogP) is 2.24. The number of nitrogens with zero attached hydrogens (tertiary/aromatic N) is 4. The zero-order valence-electron chi connectivity index (χ0n) is 17.6. The Balaban J connectivity index is 1.32. The summed E-state index contributed by atoms with van der Waals surface area (Å²) in [5, 5.41) is 10.1. The SMILES string of the molecule is CN1C(=O)[C@@H](NC(=O)c2n[nH]c(Cc3ccc(F)cc3)n2)COc2ccc3ncccc3c21. The molecule has 0 spiro atoms. The minimum absolute atomic E-state index is 0.0411. The van der Waals surface area contributed by atoms with E-state index in [1.54, 1.807) is 37.5 Å². The van der Waals surface area contributed by atoms with Crippen molar-refractivity contribution < 1.29 is 18.7 Å². The number of benzene rings is 2. The fourth-order valence-electron chi connectivity index (χ4n) is 3.77. The second-order valence-electron chi connectivity index (χ2n) is 7.63. The summed E-state index contributed by atoms with van der Waals surface area (Å²) in [6.07, 6.45) is 2.03. The van der Waals surface area contributed by atoms with Gasteiger partial charge in [-0.25, -0.2) is 9.37 Å². The van der Waals surface area contributed by atoms with E-state index in [1.807, 2.05) is 12.1 Å². The van der Waals surface area contributed by atoms with E-state index < -0.39 is 11.9 Å². The van der Waals surface area contributed by atoms with Gasteiger partial charge in [0.1, 0.15) is 30.0 Å². The second-order valence-corrected chi connectivity index (χ2v) is 7.63. The Morgan fingerprint density at radius 2 is 2.06 bits per heavy atom. The molecule has 0 bridgehead atoms. The summed E-state index contributed by atoms with van der Waals surface area (Å²) in [4.78, 5) is 35.8. The first-order valence-electron chi connectivity index (χ1n) is 10.2. The Morgan fingerprint density at radius 1 is 1.24 bits per heavy atom. The van der Waals surface area contributed by atoms with Gasteiger partial charge in [0.15, 0.2) is 0 Å². The molecule has 2 N–H and O–H groups in total. The summed E-state index contributed by atoms with van der Waals surface area (Å²) in [6.45, 7) is -0.0411. The molecular formula is C23H19FN6O3. The molecule has 4 aromatic rings. The highest BCUT2D eigenvalue weighted by atomic mass is 19.1. The van der Waals surface area contributed by atoms with Crippen molar-refractivity contribution in [2.45, 2.75) is 12.5 Å². The summed E-state index contributed by atoms with van der Waals surface area (Å²) in [7, 11) is 1.63. The lowest BCUT2D eigenvalue weighted by molar-refractivity contribution is -0.120. The van der Waals surface area contributed by atoms with Crippen molar-refractivity contribution in [1.29, 1.82) is 0 Å². The largest absolute Gasteiger partial charge is 0.489 e. The quantitative estimate of drug-likeness (QED) is 0.497. The van der Waals surface area contributed by atoms with E-state index in [0.29, 0.717) is 23.7 Å². The molecule has 2 aromatic carbocycles. The number of ether oxygens (including phenoxy) is 1.